The second-order valence-electron chi connectivity index (χ2n) is 13.8. The molecule has 0 radical (unpaired) electrons. The molecule has 3 amide bonds. The van der Waals surface area contributed by atoms with Crippen molar-refractivity contribution in [1.82, 2.24) is 10.2 Å². The number of hydrogen-bond acceptors (Lipinski definition) is 11. The number of methoxy groups -OCH3 is 2. The molecule has 3 heterocycles. The van der Waals surface area contributed by atoms with Gasteiger partial charge in [0.1, 0.15) is 40.7 Å². The summed E-state index contributed by atoms with van der Waals surface area (Å²) in [6, 6.07) is 2.64. The van der Waals surface area contributed by atoms with Gasteiger partial charge in [-0.2, -0.15) is 12.6 Å². The summed E-state index contributed by atoms with van der Waals surface area (Å²) in [6.07, 6.45) is 2.01. The summed E-state index contributed by atoms with van der Waals surface area (Å²) < 4.78 is 29.0. The first-order valence-electron chi connectivity index (χ1n) is 16.9. The van der Waals surface area contributed by atoms with Crippen LogP contribution >= 0.6 is 24.2 Å². The molecule has 0 spiro atoms. The zero-order valence-corrected chi connectivity index (χ0v) is 32.1. The third kappa shape index (κ3) is 9.20. The number of aliphatic hydroxyl groups is 1. The average molecular weight is 752 g/mol. The normalized spacial score (nSPS) is 32.2. The van der Waals surface area contributed by atoms with Gasteiger partial charge in [-0.3, -0.25) is 14.9 Å². The van der Waals surface area contributed by atoms with E-state index in [9.17, 15) is 24.3 Å². The van der Waals surface area contributed by atoms with Crippen LogP contribution in [0.4, 0.5) is 10.5 Å². The number of alkyl carbamates (subject to hydrolysis) is 1. The smallest absolute Gasteiger partial charge is 0.409 e. The van der Waals surface area contributed by atoms with Crippen LogP contribution in [-0.4, -0.2) is 110 Å². The minimum Gasteiger partial charge on any atom is -0.495 e. The number of nitrogens with one attached hydrogen (secondary N) is 1. The van der Waals surface area contributed by atoms with Crippen LogP contribution in [0.5, 0.6) is 5.75 Å². The summed E-state index contributed by atoms with van der Waals surface area (Å²) >= 11 is 10.9. The van der Waals surface area contributed by atoms with Gasteiger partial charge in [0.05, 0.1) is 25.3 Å². The molecular formula is C36H50ClN3O10S. The van der Waals surface area contributed by atoms with E-state index in [1.165, 1.54) is 31.1 Å². The molecule has 8 atom stereocenters. The van der Waals surface area contributed by atoms with Gasteiger partial charge in [-0.15, -0.1) is 0 Å². The fraction of sp³-hybridized carbons (Fsp3) is 0.611. The SMILES string of the molecule is COc1cc2cc(c1Cl)N(C)C(=O)C[C@H](OC(=O)[C@H](C)N(C)C(=O)CCS)[C@]1(C)OC1C[C@H](C)[C@@H]1C[C@@](O)(NC(=O)O1)[C@H](OC)/C=C/C=C(\C)C2. The predicted molar refractivity (Wildman–Crippen MR) is 194 cm³/mol. The first-order chi connectivity index (χ1) is 24.0. The summed E-state index contributed by atoms with van der Waals surface area (Å²) in [5.41, 5.74) is -0.737. The molecule has 282 valence electrons. The Morgan fingerprint density at radius 2 is 1.98 bits per heavy atom. The van der Waals surface area contributed by atoms with Gasteiger partial charge < -0.3 is 38.6 Å². The summed E-state index contributed by atoms with van der Waals surface area (Å²) in [4.78, 5) is 55.5. The second-order valence-corrected chi connectivity index (χ2v) is 14.6. The van der Waals surface area contributed by atoms with E-state index < -0.39 is 59.8 Å². The van der Waals surface area contributed by atoms with Gasteiger partial charge in [-0.1, -0.05) is 42.3 Å². The zero-order valence-electron chi connectivity index (χ0n) is 30.4. The molecule has 4 rings (SSSR count). The van der Waals surface area contributed by atoms with Crippen molar-refractivity contribution in [3.8, 4) is 5.75 Å². The molecular weight excluding hydrogens is 702 g/mol. The van der Waals surface area contributed by atoms with Gasteiger partial charge in [0.2, 0.25) is 11.8 Å². The fourth-order valence-corrected chi connectivity index (χ4v) is 7.02. The third-order valence-electron chi connectivity index (χ3n) is 10.1. The van der Waals surface area contributed by atoms with Crippen molar-refractivity contribution in [2.75, 3.05) is 39.0 Å². The number of halogens is 1. The summed E-state index contributed by atoms with van der Waals surface area (Å²) in [7, 11) is 6.03. The maximum absolute atomic E-state index is 14.0. The number of benzene rings is 1. The molecule has 0 aliphatic carbocycles. The molecule has 2 N–H and O–H groups in total. The maximum Gasteiger partial charge on any atom is 0.409 e. The van der Waals surface area contributed by atoms with Crippen LogP contribution in [0.2, 0.25) is 5.02 Å². The Kier molecular flexibility index (Phi) is 13.2. The zero-order chi connectivity index (χ0) is 37.8. The minimum absolute atomic E-state index is 0.0219. The van der Waals surface area contributed by atoms with Crippen molar-refractivity contribution in [2.45, 2.75) is 102 Å². The predicted octanol–water partition coefficient (Wildman–Crippen LogP) is 4.22. The van der Waals surface area contributed by atoms with Crippen LogP contribution in [0.25, 0.3) is 0 Å². The van der Waals surface area contributed by atoms with Crippen molar-refractivity contribution in [1.29, 1.82) is 0 Å². The first kappa shape index (κ1) is 40.5. The highest BCUT2D eigenvalue weighted by atomic mass is 35.5. The van der Waals surface area contributed by atoms with E-state index in [0.717, 1.165) is 11.1 Å². The van der Waals surface area contributed by atoms with Crippen molar-refractivity contribution in [2.24, 2.45) is 5.92 Å². The Morgan fingerprint density at radius 1 is 1.27 bits per heavy atom. The maximum atomic E-state index is 14.0. The van der Waals surface area contributed by atoms with E-state index in [1.807, 2.05) is 19.9 Å². The number of thiol groups is 1. The fourth-order valence-electron chi connectivity index (χ4n) is 6.52. The summed E-state index contributed by atoms with van der Waals surface area (Å²) in [5.74, 6) is -1.02. The molecule has 2 fully saturated rings. The number of carbonyl (C=O) groups is 4. The van der Waals surface area contributed by atoms with Gasteiger partial charge in [0.25, 0.3) is 0 Å². The number of likely N-dealkylation sites (N-methyl/N-ethyl adjacent to an activating group) is 1. The van der Waals surface area contributed by atoms with Crippen molar-refractivity contribution < 1.29 is 48.0 Å². The Hall–Kier alpha value is -3.30. The minimum atomic E-state index is -1.77. The molecule has 0 saturated carbocycles. The van der Waals surface area contributed by atoms with Crippen molar-refractivity contribution in [3.05, 3.63) is 46.5 Å². The lowest BCUT2D eigenvalue weighted by Gasteiger charge is -2.42. The second kappa shape index (κ2) is 16.6. The number of rotatable bonds is 7. The van der Waals surface area contributed by atoms with E-state index in [0.29, 0.717) is 30.0 Å². The molecule has 3 aliphatic heterocycles. The van der Waals surface area contributed by atoms with E-state index in [4.69, 9.17) is 35.3 Å². The highest BCUT2D eigenvalue weighted by Gasteiger charge is 2.61. The van der Waals surface area contributed by atoms with Crippen molar-refractivity contribution in [3.63, 3.8) is 0 Å². The number of carbonyl (C=O) groups excluding carboxylic acids is 4. The van der Waals surface area contributed by atoms with E-state index in [1.54, 1.807) is 45.2 Å². The highest BCUT2D eigenvalue weighted by molar-refractivity contribution is 7.80. The van der Waals surface area contributed by atoms with Crippen LogP contribution in [0.15, 0.2) is 35.9 Å². The number of ether oxygens (including phenoxy) is 5. The lowest BCUT2D eigenvalue weighted by atomic mass is 9.85. The van der Waals surface area contributed by atoms with E-state index in [-0.39, 0.29) is 36.1 Å². The highest BCUT2D eigenvalue weighted by Crippen LogP contribution is 2.47. The monoisotopic (exact) mass is 751 g/mol. The van der Waals surface area contributed by atoms with Gasteiger partial charge in [0, 0.05) is 34.0 Å². The van der Waals surface area contributed by atoms with Crippen LogP contribution in [-0.2, 0) is 39.8 Å². The number of anilines is 1. The lowest BCUT2D eigenvalue weighted by molar-refractivity contribution is -0.162. The van der Waals surface area contributed by atoms with Crippen LogP contribution in [0.1, 0.15) is 58.9 Å². The topological polar surface area (TPSA) is 156 Å². The quantitative estimate of drug-likeness (QED) is 0.210. The summed E-state index contributed by atoms with van der Waals surface area (Å²) in [5, 5.41) is 14.4. The molecule has 1 aromatic rings. The molecule has 15 heteroatoms. The van der Waals surface area contributed by atoms with Crippen molar-refractivity contribution >= 4 is 53.8 Å². The molecule has 13 nitrogen and oxygen atoms in total. The number of amides is 3. The molecule has 51 heavy (non-hydrogen) atoms. The number of nitrogens with zero attached hydrogens (tertiary/aromatic N) is 2. The van der Waals surface area contributed by atoms with E-state index in [2.05, 4.69) is 17.9 Å². The number of hydrogen-bond donors (Lipinski definition) is 3. The van der Waals surface area contributed by atoms with E-state index >= 15 is 0 Å². The largest absolute Gasteiger partial charge is 0.495 e. The number of fused-ring (bicyclic) bond motifs is 5. The summed E-state index contributed by atoms with van der Waals surface area (Å²) in [6.45, 7) is 7.10. The molecule has 1 aromatic carbocycles. The molecule has 0 aromatic heterocycles. The molecule has 3 aliphatic rings. The Labute approximate surface area is 310 Å². The van der Waals surface area contributed by atoms with Crippen LogP contribution in [0.3, 0.4) is 0 Å². The van der Waals surface area contributed by atoms with Crippen LogP contribution < -0.4 is 15.0 Å². The Balaban J connectivity index is 1.75. The number of epoxide rings is 1. The van der Waals surface area contributed by atoms with Gasteiger partial charge >= 0.3 is 12.1 Å². The lowest BCUT2D eigenvalue weighted by Crippen LogP contribution is -2.63. The standard InChI is InChI=1S/C36H50ClN3O10S/c1-20-10-9-11-27(47-8)36(45)19-26(48-34(44)38-36)21(2)15-29-35(4,50-29)28(49-33(43)22(3)39(5)30(41)12-13-51)18-31(42)40(6)24-16-23(14-20)17-25(46-7)32(24)37/h9-11,16-17,21-22,26-29,45,51H,12-15,18-19H2,1-8H3,(H,38,44)/b11-9+,20-10+/t21-,22-,26-,27+,28-,29?,35-,36-/m0/s1. The Bertz CT molecular complexity index is 1560. The van der Waals surface area contributed by atoms with Gasteiger partial charge in [-0.05, 0) is 63.0 Å². The van der Waals surface area contributed by atoms with Gasteiger partial charge in [0.15, 0.2) is 5.72 Å². The molecule has 1 unspecified atom stereocenters. The molecule has 2 saturated heterocycles. The first-order valence-corrected chi connectivity index (χ1v) is 17.9. The average Bonchev–Trinajstić information content (AvgIpc) is 3.74. The number of esters is 1. The van der Waals surface area contributed by atoms with Gasteiger partial charge in [-0.25, -0.2) is 9.59 Å². The van der Waals surface area contributed by atoms with Crippen LogP contribution in [0, 0.1) is 5.92 Å². The third-order valence-corrected chi connectivity index (χ3v) is 10.7. The molecule has 4 bridgehead atoms. The Morgan fingerprint density at radius 3 is 2.63 bits per heavy atom. The number of allylic oxidation sites excluding steroid dienone is 3.